The molecular weight excluding hydrogens is 336 g/mol. The normalized spacial score (nSPS) is 44.6. The van der Waals surface area contributed by atoms with Crippen molar-refractivity contribution in [3.8, 4) is 0 Å². The number of hydrogen-bond acceptors (Lipinski definition) is 3. The summed E-state index contributed by atoms with van der Waals surface area (Å²) in [6.45, 7) is 9.36. The number of hydrogen-bond donors (Lipinski definition) is 0. The van der Waals surface area contributed by atoms with Crippen molar-refractivity contribution in [1.29, 1.82) is 0 Å². The maximum atomic E-state index is 12.0. The average Bonchev–Trinajstić information content (AvgIpc) is 2.97. The van der Waals surface area contributed by atoms with Crippen LogP contribution in [0.3, 0.4) is 0 Å². The Bertz CT molecular complexity index is 665. The summed E-state index contributed by atoms with van der Waals surface area (Å²) in [6.07, 6.45) is 11.4. The Morgan fingerprint density at radius 1 is 1.15 bits per heavy atom. The molecule has 0 N–H and O–H groups in total. The second-order valence-corrected chi connectivity index (χ2v) is 10.5. The van der Waals surface area contributed by atoms with E-state index in [-0.39, 0.29) is 11.4 Å². The highest BCUT2D eigenvalue weighted by Gasteiger charge is 2.59. The van der Waals surface area contributed by atoms with Crippen molar-refractivity contribution < 1.29 is 14.3 Å². The van der Waals surface area contributed by atoms with Crippen LogP contribution in [-0.4, -0.2) is 18.4 Å². The molecule has 0 saturated heterocycles. The summed E-state index contributed by atoms with van der Waals surface area (Å²) in [5.41, 5.74) is 2.11. The number of ketones is 1. The summed E-state index contributed by atoms with van der Waals surface area (Å²) in [5, 5.41) is 0. The minimum Gasteiger partial charge on any atom is -0.466 e. The van der Waals surface area contributed by atoms with E-state index in [1.165, 1.54) is 44.6 Å². The molecule has 0 aromatic rings. The highest BCUT2D eigenvalue weighted by Crippen LogP contribution is 2.67. The van der Waals surface area contributed by atoms with Crippen LogP contribution in [0.2, 0.25) is 0 Å². The Morgan fingerprint density at radius 2 is 1.93 bits per heavy atom. The summed E-state index contributed by atoms with van der Waals surface area (Å²) >= 11 is 0. The van der Waals surface area contributed by atoms with Crippen molar-refractivity contribution in [2.24, 2.45) is 40.4 Å². The smallest absolute Gasteiger partial charge is 0.302 e. The number of ether oxygens (including phenoxy) is 1. The maximum absolute atomic E-state index is 12.0. The molecule has 0 spiro atoms. The molecule has 3 fully saturated rings. The van der Waals surface area contributed by atoms with Gasteiger partial charge < -0.3 is 4.74 Å². The van der Waals surface area contributed by atoms with Crippen LogP contribution in [0.4, 0.5) is 0 Å². The molecule has 3 nitrogen and oxygen atoms in total. The zero-order valence-electron chi connectivity index (χ0n) is 17.6. The van der Waals surface area contributed by atoms with Gasteiger partial charge >= 0.3 is 5.97 Å². The van der Waals surface area contributed by atoms with Gasteiger partial charge in [-0.3, -0.25) is 9.59 Å². The first-order chi connectivity index (χ1) is 12.8. The van der Waals surface area contributed by atoms with Gasteiger partial charge in [0.1, 0.15) is 0 Å². The SMILES string of the molecule is CC(=O)OC[C@@H](C)[C@H]1CCC2C3CCC4=CC(=O)CCC4(C)C3CCC21C. The highest BCUT2D eigenvalue weighted by molar-refractivity contribution is 5.91. The third-order valence-electron chi connectivity index (χ3n) is 9.27. The van der Waals surface area contributed by atoms with Crippen LogP contribution in [0.5, 0.6) is 0 Å². The van der Waals surface area contributed by atoms with E-state index in [4.69, 9.17) is 4.74 Å². The average molecular weight is 373 g/mol. The molecule has 0 amide bonds. The predicted octanol–water partition coefficient (Wildman–Crippen LogP) is 5.33. The molecule has 7 atom stereocenters. The largest absolute Gasteiger partial charge is 0.466 e. The minimum atomic E-state index is -0.156. The summed E-state index contributed by atoms with van der Waals surface area (Å²) in [5.74, 6) is 3.68. The number of allylic oxidation sites excluding steroid dienone is 1. The molecule has 0 radical (unpaired) electrons. The standard InChI is InChI=1S/C24H36O3/c1-15(14-27-16(2)25)20-7-8-21-19-6-5-17-13-18(26)9-11-23(17,3)22(19)10-12-24(20,21)4/h13,15,19-22H,5-12,14H2,1-4H3/t15-,19?,20-,21?,22?,23?,24?/m1/s1. The lowest BCUT2D eigenvalue weighted by atomic mass is 9.46. The molecule has 0 aromatic heterocycles. The van der Waals surface area contributed by atoms with Crippen molar-refractivity contribution in [1.82, 2.24) is 0 Å². The second kappa shape index (κ2) is 6.74. The number of esters is 1. The minimum absolute atomic E-state index is 0.156. The first-order valence-electron chi connectivity index (χ1n) is 11.1. The quantitative estimate of drug-likeness (QED) is 0.629. The Kier molecular flexibility index (Phi) is 4.79. The molecule has 3 heteroatoms. The van der Waals surface area contributed by atoms with Crippen LogP contribution >= 0.6 is 0 Å². The van der Waals surface area contributed by atoms with E-state index in [2.05, 4.69) is 20.8 Å². The molecule has 4 aliphatic rings. The molecular formula is C24H36O3. The van der Waals surface area contributed by atoms with E-state index < -0.39 is 0 Å². The van der Waals surface area contributed by atoms with E-state index in [1.54, 1.807) is 0 Å². The van der Waals surface area contributed by atoms with E-state index in [0.29, 0.717) is 29.6 Å². The predicted molar refractivity (Wildman–Crippen MR) is 106 cm³/mol. The van der Waals surface area contributed by atoms with Crippen molar-refractivity contribution in [3.05, 3.63) is 11.6 Å². The zero-order valence-corrected chi connectivity index (χ0v) is 17.6. The second-order valence-electron chi connectivity index (χ2n) is 10.5. The molecule has 0 aliphatic heterocycles. The summed E-state index contributed by atoms with van der Waals surface area (Å²) in [6, 6.07) is 0. The summed E-state index contributed by atoms with van der Waals surface area (Å²) in [7, 11) is 0. The molecule has 150 valence electrons. The lowest BCUT2D eigenvalue weighted by molar-refractivity contribution is -0.143. The van der Waals surface area contributed by atoms with Crippen molar-refractivity contribution in [3.63, 3.8) is 0 Å². The van der Waals surface area contributed by atoms with Gasteiger partial charge in [-0.25, -0.2) is 0 Å². The van der Waals surface area contributed by atoms with Crippen molar-refractivity contribution in [2.45, 2.75) is 79.1 Å². The van der Waals surface area contributed by atoms with Crippen LogP contribution in [0.25, 0.3) is 0 Å². The van der Waals surface area contributed by atoms with E-state index in [1.807, 2.05) is 6.08 Å². The molecule has 0 bridgehead atoms. The van der Waals surface area contributed by atoms with Crippen LogP contribution in [-0.2, 0) is 14.3 Å². The zero-order chi connectivity index (χ0) is 19.4. The van der Waals surface area contributed by atoms with Crippen molar-refractivity contribution in [2.75, 3.05) is 6.61 Å². The molecule has 27 heavy (non-hydrogen) atoms. The number of carbonyl (C=O) groups excluding carboxylic acids is 2. The Hall–Kier alpha value is -1.12. The van der Waals surface area contributed by atoms with Crippen LogP contribution < -0.4 is 0 Å². The third kappa shape index (κ3) is 3.00. The van der Waals surface area contributed by atoms with E-state index in [0.717, 1.165) is 37.0 Å². The van der Waals surface area contributed by atoms with E-state index >= 15 is 0 Å². The van der Waals surface area contributed by atoms with Gasteiger partial charge in [-0.1, -0.05) is 26.3 Å². The highest BCUT2D eigenvalue weighted by atomic mass is 16.5. The fourth-order valence-corrected chi connectivity index (χ4v) is 7.90. The molecule has 4 rings (SSSR count). The third-order valence-corrected chi connectivity index (χ3v) is 9.27. The van der Waals surface area contributed by atoms with Gasteiger partial charge in [-0.15, -0.1) is 0 Å². The summed E-state index contributed by atoms with van der Waals surface area (Å²) < 4.78 is 5.37. The van der Waals surface area contributed by atoms with Crippen LogP contribution in [0, 0.1) is 40.4 Å². The lowest BCUT2D eigenvalue weighted by Crippen LogP contribution is -2.51. The van der Waals surface area contributed by atoms with Gasteiger partial charge in [-0.2, -0.15) is 0 Å². The van der Waals surface area contributed by atoms with E-state index in [9.17, 15) is 9.59 Å². The molecule has 4 aliphatic carbocycles. The Morgan fingerprint density at radius 3 is 2.67 bits per heavy atom. The molecule has 0 heterocycles. The van der Waals surface area contributed by atoms with Crippen LogP contribution in [0.15, 0.2) is 11.6 Å². The van der Waals surface area contributed by atoms with Gasteiger partial charge in [0.15, 0.2) is 5.78 Å². The number of carbonyl (C=O) groups is 2. The Labute approximate surface area is 164 Å². The molecule has 3 saturated carbocycles. The number of fused-ring (bicyclic) bond motifs is 5. The topological polar surface area (TPSA) is 43.4 Å². The lowest BCUT2D eigenvalue weighted by Gasteiger charge is -2.58. The maximum Gasteiger partial charge on any atom is 0.302 e. The van der Waals surface area contributed by atoms with Gasteiger partial charge in [0.05, 0.1) is 6.61 Å². The fourth-order valence-electron chi connectivity index (χ4n) is 7.90. The molecule has 5 unspecified atom stereocenters. The fraction of sp³-hybridized carbons (Fsp3) is 0.833. The summed E-state index contributed by atoms with van der Waals surface area (Å²) in [4.78, 5) is 23.2. The number of rotatable bonds is 3. The molecule has 0 aromatic carbocycles. The first-order valence-corrected chi connectivity index (χ1v) is 11.1. The van der Waals surface area contributed by atoms with Gasteiger partial charge in [0.25, 0.3) is 0 Å². The van der Waals surface area contributed by atoms with Gasteiger partial charge in [0, 0.05) is 13.3 Å². The monoisotopic (exact) mass is 372 g/mol. The van der Waals surface area contributed by atoms with Gasteiger partial charge in [-0.05, 0) is 91.4 Å². The van der Waals surface area contributed by atoms with Crippen molar-refractivity contribution >= 4 is 11.8 Å². The first kappa shape index (κ1) is 19.2. The van der Waals surface area contributed by atoms with Gasteiger partial charge in [0.2, 0.25) is 0 Å². The van der Waals surface area contributed by atoms with Crippen LogP contribution in [0.1, 0.15) is 79.1 Å². The Balaban J connectivity index is 1.55.